The number of piperazine rings is 1. The van der Waals surface area contributed by atoms with Crippen LogP contribution >= 0.6 is 23.1 Å². The monoisotopic (exact) mass is 367 g/mol. The summed E-state index contributed by atoms with van der Waals surface area (Å²) in [6.07, 6.45) is -1.39. The maximum Gasteiger partial charge on any atom is 0.407 e. The summed E-state index contributed by atoms with van der Waals surface area (Å²) in [5.74, 6) is 0.696. The zero-order valence-electron chi connectivity index (χ0n) is 12.8. The van der Waals surface area contributed by atoms with Crippen molar-refractivity contribution in [1.82, 2.24) is 14.8 Å². The Morgan fingerprint density at radius 3 is 2.75 bits per heavy atom. The van der Waals surface area contributed by atoms with E-state index in [0.29, 0.717) is 12.2 Å². The van der Waals surface area contributed by atoms with E-state index < -0.39 is 12.2 Å². The number of fused-ring (bicyclic) bond motifs is 1. The van der Waals surface area contributed by atoms with E-state index in [2.05, 4.69) is 4.98 Å². The summed E-state index contributed by atoms with van der Waals surface area (Å²) in [7, 11) is 0. The summed E-state index contributed by atoms with van der Waals surface area (Å²) in [5.41, 5.74) is 0.965. The average Bonchev–Trinajstić information content (AvgIpc) is 2.97. The van der Waals surface area contributed by atoms with Crippen LogP contribution in [-0.2, 0) is 0 Å². The van der Waals surface area contributed by atoms with Gasteiger partial charge in [-0.1, -0.05) is 23.9 Å². The van der Waals surface area contributed by atoms with Crippen LogP contribution in [0.5, 0.6) is 0 Å². The smallest absolute Gasteiger partial charge is 0.407 e. The molecule has 0 aliphatic carbocycles. The van der Waals surface area contributed by atoms with Gasteiger partial charge in [-0.2, -0.15) is 0 Å². The number of para-hydroxylation sites is 1. The Morgan fingerprint density at radius 2 is 2.04 bits per heavy atom. The third kappa shape index (κ3) is 3.73. The van der Waals surface area contributed by atoms with Gasteiger partial charge in [0.15, 0.2) is 4.34 Å². The first-order valence-electron chi connectivity index (χ1n) is 7.50. The highest BCUT2D eigenvalue weighted by Gasteiger charge is 2.32. The SMILES string of the molecule is O=C(O)N1CCN(C(=O)O)[C@H](CCSc2nc3ccccc3s2)C1. The van der Waals surface area contributed by atoms with E-state index in [4.69, 9.17) is 5.11 Å². The van der Waals surface area contributed by atoms with E-state index in [0.717, 1.165) is 14.6 Å². The Balaban J connectivity index is 1.60. The van der Waals surface area contributed by atoms with E-state index in [-0.39, 0.29) is 25.7 Å². The second-order valence-electron chi connectivity index (χ2n) is 5.44. The van der Waals surface area contributed by atoms with Gasteiger partial charge >= 0.3 is 12.2 Å². The lowest BCUT2D eigenvalue weighted by Crippen LogP contribution is -2.56. The number of hydrogen-bond donors (Lipinski definition) is 2. The largest absolute Gasteiger partial charge is 0.465 e. The van der Waals surface area contributed by atoms with Crippen LogP contribution in [-0.4, -0.2) is 68.6 Å². The van der Waals surface area contributed by atoms with Crippen molar-refractivity contribution in [3.63, 3.8) is 0 Å². The molecule has 0 unspecified atom stereocenters. The van der Waals surface area contributed by atoms with Gasteiger partial charge in [-0.25, -0.2) is 14.6 Å². The molecular formula is C15H17N3O4S2. The molecule has 1 atom stereocenters. The normalized spacial score (nSPS) is 18.1. The van der Waals surface area contributed by atoms with Crippen LogP contribution in [0.3, 0.4) is 0 Å². The molecule has 1 aliphatic rings. The molecule has 1 saturated heterocycles. The zero-order chi connectivity index (χ0) is 17.1. The summed E-state index contributed by atoms with van der Waals surface area (Å²) in [5, 5.41) is 18.4. The minimum atomic E-state index is -0.996. The third-order valence-corrected chi connectivity index (χ3v) is 6.16. The highest BCUT2D eigenvalue weighted by Crippen LogP contribution is 2.30. The number of rotatable bonds is 4. The molecule has 0 saturated carbocycles. The molecule has 1 aromatic heterocycles. The van der Waals surface area contributed by atoms with Crippen LogP contribution < -0.4 is 0 Å². The van der Waals surface area contributed by atoms with E-state index in [1.165, 1.54) is 9.80 Å². The molecule has 2 N–H and O–H groups in total. The summed E-state index contributed by atoms with van der Waals surface area (Å²) < 4.78 is 2.07. The Kier molecular flexibility index (Phi) is 5.10. The van der Waals surface area contributed by atoms with E-state index in [9.17, 15) is 14.7 Å². The minimum absolute atomic E-state index is 0.220. The molecule has 7 nitrogen and oxygen atoms in total. The molecule has 1 fully saturated rings. The first-order chi connectivity index (χ1) is 11.5. The predicted octanol–water partition coefficient (Wildman–Crippen LogP) is 3.12. The second-order valence-corrected chi connectivity index (χ2v) is 7.82. The van der Waals surface area contributed by atoms with Gasteiger partial charge < -0.3 is 20.0 Å². The quantitative estimate of drug-likeness (QED) is 0.807. The van der Waals surface area contributed by atoms with E-state index in [1.807, 2.05) is 24.3 Å². The number of carboxylic acid groups (broad SMARTS) is 2. The van der Waals surface area contributed by atoms with Gasteiger partial charge in [-0.3, -0.25) is 0 Å². The highest BCUT2D eigenvalue weighted by molar-refractivity contribution is 8.01. The van der Waals surface area contributed by atoms with E-state index >= 15 is 0 Å². The van der Waals surface area contributed by atoms with Crippen LogP contribution in [0.2, 0.25) is 0 Å². The summed E-state index contributed by atoms with van der Waals surface area (Å²) in [6, 6.07) is 7.60. The van der Waals surface area contributed by atoms with Crippen molar-refractivity contribution in [3.05, 3.63) is 24.3 Å². The number of thioether (sulfide) groups is 1. The van der Waals surface area contributed by atoms with Crippen LogP contribution in [0.4, 0.5) is 9.59 Å². The Hall–Kier alpha value is -2.00. The zero-order valence-corrected chi connectivity index (χ0v) is 14.4. The van der Waals surface area contributed by atoms with Crippen LogP contribution in [0.15, 0.2) is 28.6 Å². The maximum atomic E-state index is 11.3. The van der Waals surface area contributed by atoms with Crippen molar-refractivity contribution in [2.45, 2.75) is 16.8 Å². The summed E-state index contributed by atoms with van der Waals surface area (Å²) in [6.45, 7) is 0.670. The Bertz CT molecular complexity index is 718. The molecule has 2 aromatic rings. The number of hydrogen-bond acceptors (Lipinski definition) is 5. The first-order valence-corrected chi connectivity index (χ1v) is 9.30. The number of benzene rings is 1. The van der Waals surface area contributed by atoms with Gasteiger partial charge in [-0.05, 0) is 18.6 Å². The Labute approximate surface area is 146 Å². The second kappa shape index (κ2) is 7.27. The fourth-order valence-electron chi connectivity index (χ4n) is 2.72. The molecule has 0 bridgehead atoms. The lowest BCUT2D eigenvalue weighted by molar-refractivity contribution is 0.0630. The average molecular weight is 367 g/mol. The molecule has 128 valence electrons. The van der Waals surface area contributed by atoms with Gasteiger partial charge in [-0.15, -0.1) is 11.3 Å². The van der Waals surface area contributed by atoms with Crippen molar-refractivity contribution in [1.29, 1.82) is 0 Å². The fourth-order valence-corrected chi connectivity index (χ4v) is 4.90. The number of nitrogens with zero attached hydrogens (tertiary/aromatic N) is 3. The van der Waals surface area contributed by atoms with Gasteiger partial charge in [0, 0.05) is 25.4 Å². The van der Waals surface area contributed by atoms with Crippen molar-refractivity contribution >= 4 is 45.5 Å². The number of amides is 2. The maximum absolute atomic E-state index is 11.3. The summed E-state index contributed by atoms with van der Waals surface area (Å²) >= 11 is 3.20. The molecule has 0 radical (unpaired) electrons. The third-order valence-electron chi connectivity index (χ3n) is 3.95. The van der Waals surface area contributed by atoms with Crippen molar-refractivity contribution < 1.29 is 19.8 Å². The predicted molar refractivity (Wildman–Crippen MR) is 93.1 cm³/mol. The fraction of sp³-hybridized carbons (Fsp3) is 0.400. The summed E-state index contributed by atoms with van der Waals surface area (Å²) in [4.78, 5) is 29.6. The van der Waals surface area contributed by atoms with Crippen LogP contribution in [0, 0.1) is 0 Å². The Morgan fingerprint density at radius 1 is 1.25 bits per heavy atom. The molecular weight excluding hydrogens is 350 g/mol. The van der Waals surface area contributed by atoms with Gasteiger partial charge in [0.2, 0.25) is 0 Å². The lowest BCUT2D eigenvalue weighted by Gasteiger charge is -2.38. The van der Waals surface area contributed by atoms with Gasteiger partial charge in [0.05, 0.1) is 16.3 Å². The topological polar surface area (TPSA) is 94.0 Å². The van der Waals surface area contributed by atoms with Gasteiger partial charge in [0.25, 0.3) is 0 Å². The number of aromatic nitrogens is 1. The molecule has 3 rings (SSSR count). The van der Waals surface area contributed by atoms with Crippen molar-refractivity contribution in [3.8, 4) is 0 Å². The van der Waals surface area contributed by atoms with Crippen LogP contribution in [0.1, 0.15) is 6.42 Å². The minimum Gasteiger partial charge on any atom is -0.465 e. The molecule has 1 aliphatic heterocycles. The number of thiazole rings is 1. The van der Waals surface area contributed by atoms with Crippen LogP contribution in [0.25, 0.3) is 10.2 Å². The highest BCUT2D eigenvalue weighted by atomic mass is 32.2. The molecule has 2 heterocycles. The van der Waals surface area contributed by atoms with Crippen molar-refractivity contribution in [2.75, 3.05) is 25.4 Å². The number of carbonyl (C=O) groups is 2. The van der Waals surface area contributed by atoms with Gasteiger partial charge in [0.1, 0.15) is 0 Å². The van der Waals surface area contributed by atoms with Crippen molar-refractivity contribution in [2.24, 2.45) is 0 Å². The standard InChI is InChI=1S/C15H17N3O4S2/c19-14(20)17-6-7-18(15(21)22)10(9-17)5-8-23-13-16-11-3-1-2-4-12(11)24-13/h1-4,10H,5-9H2,(H,19,20)(H,21,22)/t10-/m1/s1. The molecule has 2 amide bonds. The van der Waals surface area contributed by atoms with E-state index in [1.54, 1.807) is 23.1 Å². The molecule has 9 heteroatoms. The lowest BCUT2D eigenvalue weighted by atomic mass is 10.1. The molecule has 1 aromatic carbocycles. The molecule has 0 spiro atoms. The first kappa shape index (κ1) is 16.8. The molecule has 24 heavy (non-hydrogen) atoms.